The Balaban J connectivity index is 1.53. The van der Waals surface area contributed by atoms with Crippen molar-refractivity contribution in [2.24, 2.45) is 0 Å². The molecule has 0 spiro atoms. The zero-order valence-electron chi connectivity index (χ0n) is 16.5. The molecule has 2 aromatic rings. The quantitative estimate of drug-likeness (QED) is 0.737. The van der Waals surface area contributed by atoms with Gasteiger partial charge in [-0.2, -0.15) is 0 Å². The third-order valence-electron chi connectivity index (χ3n) is 4.51. The monoisotopic (exact) mass is 420 g/mol. The van der Waals surface area contributed by atoms with Crippen molar-refractivity contribution < 1.29 is 27.4 Å². The predicted molar refractivity (Wildman–Crippen MR) is 109 cm³/mol. The predicted octanol–water partition coefficient (Wildman–Crippen LogP) is 2.11. The Bertz CT molecular complexity index is 975. The second kappa shape index (κ2) is 8.60. The number of fused-ring (bicyclic) bond motifs is 1. The number of carbonyl (C=O) groups excluding carboxylic acids is 1. The van der Waals surface area contributed by atoms with E-state index in [2.05, 4.69) is 5.32 Å². The lowest BCUT2D eigenvalue weighted by Gasteiger charge is -2.21. The maximum Gasteiger partial charge on any atom is 0.258 e. The Hall–Kier alpha value is -2.94. The van der Waals surface area contributed by atoms with E-state index >= 15 is 0 Å². The van der Waals surface area contributed by atoms with Gasteiger partial charge in [-0.1, -0.05) is 6.07 Å². The number of nitrogens with one attached hydrogen (secondary N) is 1. The first-order valence-electron chi connectivity index (χ1n) is 9.10. The van der Waals surface area contributed by atoms with Crippen molar-refractivity contribution in [2.75, 3.05) is 37.4 Å². The van der Waals surface area contributed by atoms with E-state index in [9.17, 15) is 13.2 Å². The molecule has 9 heteroatoms. The lowest BCUT2D eigenvalue weighted by Crippen LogP contribution is -2.31. The van der Waals surface area contributed by atoms with Crippen LogP contribution in [0.4, 0.5) is 5.69 Å². The summed E-state index contributed by atoms with van der Waals surface area (Å²) in [5, 5.41) is 2.87. The summed E-state index contributed by atoms with van der Waals surface area (Å²) in [7, 11) is -1.86. The van der Waals surface area contributed by atoms with Gasteiger partial charge in [0.15, 0.2) is 18.1 Å². The standard InChI is InChI=1S/C20H24N2O6S/c1-14(15-4-9-18-19(12-15)27-11-10-26-18)21-20(23)13-28-17-7-5-16(6-8-17)22(2)29(3,24)25/h4-9,12,14H,10-11,13H2,1-3H3,(H,21,23)/t14-/m0/s1. The van der Waals surface area contributed by atoms with Crippen LogP contribution in [0.5, 0.6) is 17.2 Å². The second-order valence-electron chi connectivity index (χ2n) is 6.71. The summed E-state index contributed by atoms with van der Waals surface area (Å²) in [4.78, 5) is 12.2. The maximum atomic E-state index is 12.2. The Labute approximate surface area is 170 Å². The summed E-state index contributed by atoms with van der Waals surface area (Å²) in [5.41, 5.74) is 1.41. The van der Waals surface area contributed by atoms with Gasteiger partial charge in [0.1, 0.15) is 19.0 Å². The molecule has 0 aromatic heterocycles. The molecular formula is C20H24N2O6S. The minimum Gasteiger partial charge on any atom is -0.486 e. The summed E-state index contributed by atoms with van der Waals surface area (Å²) in [5.74, 6) is 1.57. The molecular weight excluding hydrogens is 396 g/mol. The molecule has 1 N–H and O–H groups in total. The van der Waals surface area contributed by atoms with Gasteiger partial charge in [0.2, 0.25) is 10.0 Å². The number of hydrogen-bond donors (Lipinski definition) is 1. The van der Waals surface area contributed by atoms with Crippen molar-refractivity contribution in [3.05, 3.63) is 48.0 Å². The smallest absolute Gasteiger partial charge is 0.258 e. The van der Waals surface area contributed by atoms with Crippen molar-refractivity contribution in [1.29, 1.82) is 0 Å². The van der Waals surface area contributed by atoms with Gasteiger partial charge in [0, 0.05) is 7.05 Å². The van der Waals surface area contributed by atoms with E-state index in [0.717, 1.165) is 11.8 Å². The summed E-state index contributed by atoms with van der Waals surface area (Å²) < 4.78 is 40.8. The number of benzene rings is 2. The molecule has 0 fully saturated rings. The number of ether oxygens (including phenoxy) is 3. The zero-order chi connectivity index (χ0) is 21.0. The topological polar surface area (TPSA) is 94.2 Å². The van der Waals surface area contributed by atoms with Crippen molar-refractivity contribution in [3.63, 3.8) is 0 Å². The van der Waals surface area contributed by atoms with Crippen LogP contribution in [0.3, 0.4) is 0 Å². The Kier molecular flexibility index (Phi) is 6.17. The molecule has 156 valence electrons. The molecule has 0 bridgehead atoms. The molecule has 2 aromatic carbocycles. The molecule has 3 rings (SSSR count). The number of nitrogens with zero attached hydrogens (tertiary/aromatic N) is 1. The summed E-state index contributed by atoms with van der Waals surface area (Å²) in [6, 6.07) is 11.8. The zero-order valence-corrected chi connectivity index (χ0v) is 17.4. The number of amides is 1. The first-order valence-corrected chi connectivity index (χ1v) is 10.9. The Morgan fingerprint density at radius 2 is 1.79 bits per heavy atom. The molecule has 0 aliphatic carbocycles. The number of hydrogen-bond acceptors (Lipinski definition) is 6. The fourth-order valence-corrected chi connectivity index (χ4v) is 3.29. The minimum atomic E-state index is -3.33. The molecule has 0 unspecified atom stereocenters. The van der Waals surface area contributed by atoms with Crippen molar-refractivity contribution in [1.82, 2.24) is 5.32 Å². The van der Waals surface area contributed by atoms with Gasteiger partial charge in [-0.3, -0.25) is 9.10 Å². The van der Waals surface area contributed by atoms with Crippen LogP contribution in [0.1, 0.15) is 18.5 Å². The van der Waals surface area contributed by atoms with Gasteiger partial charge < -0.3 is 19.5 Å². The molecule has 8 nitrogen and oxygen atoms in total. The summed E-state index contributed by atoms with van der Waals surface area (Å²) in [6.07, 6.45) is 1.13. The SMILES string of the molecule is C[C@H](NC(=O)COc1ccc(N(C)S(C)(=O)=O)cc1)c1ccc2c(c1)OCCO2. The molecule has 1 atom stereocenters. The first-order chi connectivity index (χ1) is 13.7. The highest BCUT2D eigenvalue weighted by molar-refractivity contribution is 7.92. The van der Waals surface area contributed by atoms with Crippen LogP contribution < -0.4 is 23.8 Å². The van der Waals surface area contributed by atoms with Gasteiger partial charge in [0.25, 0.3) is 5.91 Å². The van der Waals surface area contributed by atoms with Crippen molar-refractivity contribution in [3.8, 4) is 17.2 Å². The Morgan fingerprint density at radius 1 is 1.14 bits per heavy atom. The highest BCUT2D eigenvalue weighted by Crippen LogP contribution is 2.32. The molecule has 1 aliphatic rings. The molecule has 0 saturated heterocycles. The lowest BCUT2D eigenvalue weighted by molar-refractivity contribution is -0.123. The van der Waals surface area contributed by atoms with Crippen LogP contribution in [0.25, 0.3) is 0 Å². The van der Waals surface area contributed by atoms with Crippen LogP contribution in [-0.2, 0) is 14.8 Å². The number of anilines is 1. The van der Waals surface area contributed by atoms with Crippen LogP contribution in [0.2, 0.25) is 0 Å². The largest absolute Gasteiger partial charge is 0.486 e. The number of carbonyl (C=O) groups is 1. The van der Waals surface area contributed by atoms with Crippen LogP contribution in [-0.4, -0.2) is 47.4 Å². The number of rotatable bonds is 7. The first kappa shape index (κ1) is 20.8. The van der Waals surface area contributed by atoms with Crippen LogP contribution in [0, 0.1) is 0 Å². The molecule has 1 aliphatic heterocycles. The van der Waals surface area contributed by atoms with E-state index in [-0.39, 0.29) is 18.6 Å². The third-order valence-corrected chi connectivity index (χ3v) is 5.72. The van der Waals surface area contributed by atoms with Gasteiger partial charge in [-0.25, -0.2) is 8.42 Å². The average Bonchev–Trinajstić information content (AvgIpc) is 2.71. The van der Waals surface area contributed by atoms with E-state index in [1.54, 1.807) is 24.3 Å². The second-order valence-corrected chi connectivity index (χ2v) is 8.72. The third kappa shape index (κ3) is 5.32. The summed E-state index contributed by atoms with van der Waals surface area (Å²) in [6.45, 7) is 2.75. The van der Waals surface area contributed by atoms with Gasteiger partial charge >= 0.3 is 0 Å². The van der Waals surface area contributed by atoms with Gasteiger partial charge in [-0.05, 0) is 48.9 Å². The fraction of sp³-hybridized carbons (Fsp3) is 0.350. The van der Waals surface area contributed by atoms with Gasteiger partial charge in [-0.15, -0.1) is 0 Å². The molecule has 1 amide bonds. The molecule has 1 heterocycles. The van der Waals surface area contributed by atoms with Crippen molar-refractivity contribution in [2.45, 2.75) is 13.0 Å². The van der Waals surface area contributed by atoms with E-state index in [1.807, 2.05) is 25.1 Å². The fourth-order valence-electron chi connectivity index (χ4n) is 2.79. The maximum absolute atomic E-state index is 12.2. The minimum absolute atomic E-state index is 0.157. The van der Waals surface area contributed by atoms with Crippen LogP contribution in [0.15, 0.2) is 42.5 Å². The van der Waals surface area contributed by atoms with Crippen molar-refractivity contribution >= 4 is 21.6 Å². The lowest BCUT2D eigenvalue weighted by atomic mass is 10.1. The molecule has 0 radical (unpaired) electrons. The average molecular weight is 420 g/mol. The van der Waals surface area contributed by atoms with Crippen LogP contribution >= 0.6 is 0 Å². The van der Waals surface area contributed by atoms with E-state index in [0.29, 0.717) is 36.1 Å². The Morgan fingerprint density at radius 3 is 2.45 bits per heavy atom. The number of sulfonamides is 1. The van der Waals surface area contributed by atoms with E-state index in [1.165, 1.54) is 11.4 Å². The molecule has 0 saturated carbocycles. The van der Waals surface area contributed by atoms with E-state index < -0.39 is 10.0 Å². The summed E-state index contributed by atoms with van der Waals surface area (Å²) >= 11 is 0. The highest BCUT2D eigenvalue weighted by atomic mass is 32.2. The van der Waals surface area contributed by atoms with E-state index in [4.69, 9.17) is 14.2 Å². The molecule has 29 heavy (non-hydrogen) atoms. The normalized spacial score (nSPS) is 14.0. The highest BCUT2D eigenvalue weighted by Gasteiger charge is 2.16. The van der Waals surface area contributed by atoms with Gasteiger partial charge in [0.05, 0.1) is 18.0 Å².